The van der Waals surface area contributed by atoms with Gasteiger partial charge in [-0.1, -0.05) is 0 Å². The Bertz CT molecular complexity index is 335. The van der Waals surface area contributed by atoms with E-state index < -0.39 is 5.41 Å². The van der Waals surface area contributed by atoms with Crippen LogP contribution >= 0.6 is 0 Å². The van der Waals surface area contributed by atoms with Crippen molar-refractivity contribution in [1.82, 2.24) is 10.6 Å². The molecule has 1 amide bonds. The summed E-state index contributed by atoms with van der Waals surface area (Å²) in [4.78, 5) is 12.0. The molecule has 0 spiro atoms. The van der Waals surface area contributed by atoms with Gasteiger partial charge in [-0.2, -0.15) is 0 Å². The van der Waals surface area contributed by atoms with Crippen molar-refractivity contribution in [3.8, 4) is 0 Å². The number of rotatable bonds is 5. The molecule has 1 fully saturated rings. The van der Waals surface area contributed by atoms with E-state index in [0.717, 1.165) is 6.42 Å². The molecule has 0 aliphatic carbocycles. The van der Waals surface area contributed by atoms with Gasteiger partial charge < -0.3 is 15.4 Å². The van der Waals surface area contributed by atoms with Crippen molar-refractivity contribution in [2.24, 2.45) is 5.41 Å². The molecule has 1 rings (SSSR count). The van der Waals surface area contributed by atoms with Crippen LogP contribution in [0.3, 0.4) is 0 Å². The molecule has 0 unspecified atom stereocenters. The summed E-state index contributed by atoms with van der Waals surface area (Å²) in [6.45, 7) is 15.7. The molecular formula is C15H30N2O2. The molecule has 2 N–H and O–H groups in total. The number of hydrogen-bond acceptors (Lipinski definition) is 3. The average Bonchev–Trinajstić information content (AvgIpc) is 2.44. The molecule has 1 aliphatic rings. The van der Waals surface area contributed by atoms with Crippen molar-refractivity contribution < 1.29 is 9.53 Å². The second kappa shape index (κ2) is 5.41. The Morgan fingerprint density at radius 3 is 2.32 bits per heavy atom. The van der Waals surface area contributed by atoms with Crippen LogP contribution in [0.4, 0.5) is 0 Å². The first-order valence-corrected chi connectivity index (χ1v) is 7.22. The van der Waals surface area contributed by atoms with Crippen molar-refractivity contribution in [2.45, 2.75) is 72.1 Å². The fourth-order valence-electron chi connectivity index (χ4n) is 2.74. The van der Waals surface area contributed by atoms with Crippen LogP contribution in [0.15, 0.2) is 0 Å². The number of amides is 1. The minimum atomic E-state index is -0.404. The van der Waals surface area contributed by atoms with Crippen molar-refractivity contribution >= 4 is 5.91 Å². The normalized spacial score (nSPS) is 25.3. The van der Waals surface area contributed by atoms with Crippen LogP contribution in [-0.2, 0) is 9.53 Å². The number of ether oxygens (including phenoxy) is 1. The summed E-state index contributed by atoms with van der Waals surface area (Å²) in [5, 5.41) is 6.41. The molecule has 4 heteroatoms. The molecule has 1 saturated heterocycles. The molecule has 0 radical (unpaired) electrons. The Balaban J connectivity index is 2.59. The molecule has 0 aromatic heterocycles. The predicted molar refractivity (Wildman–Crippen MR) is 78.1 cm³/mol. The smallest absolute Gasteiger partial charge is 0.226 e. The molecule has 0 aromatic carbocycles. The molecule has 1 aliphatic heterocycles. The average molecular weight is 270 g/mol. The molecule has 19 heavy (non-hydrogen) atoms. The highest BCUT2D eigenvalue weighted by Gasteiger charge is 2.46. The molecule has 0 saturated carbocycles. The highest BCUT2D eigenvalue weighted by atomic mass is 16.5. The summed E-state index contributed by atoms with van der Waals surface area (Å²) in [7, 11) is 0. The largest absolute Gasteiger partial charge is 0.368 e. The van der Waals surface area contributed by atoms with Crippen LogP contribution in [0.5, 0.6) is 0 Å². The van der Waals surface area contributed by atoms with E-state index in [1.807, 2.05) is 20.8 Å². The van der Waals surface area contributed by atoms with Crippen LogP contribution in [0, 0.1) is 5.41 Å². The minimum Gasteiger partial charge on any atom is -0.368 e. The fraction of sp³-hybridized carbons (Fsp3) is 0.933. The van der Waals surface area contributed by atoms with Crippen LogP contribution in [0.1, 0.15) is 54.9 Å². The summed E-state index contributed by atoms with van der Waals surface area (Å²) in [6.07, 6.45) is 0.964. The Hall–Kier alpha value is -0.610. The van der Waals surface area contributed by atoms with Crippen LogP contribution in [0.2, 0.25) is 0 Å². The summed E-state index contributed by atoms with van der Waals surface area (Å²) in [5.74, 6) is 0.0958. The Labute approximate surface area is 117 Å². The van der Waals surface area contributed by atoms with E-state index in [1.165, 1.54) is 0 Å². The number of carbonyl (C=O) groups excluding carboxylic acids is 1. The highest BCUT2D eigenvalue weighted by Crippen LogP contribution is 2.37. The van der Waals surface area contributed by atoms with E-state index in [4.69, 9.17) is 4.74 Å². The zero-order valence-electron chi connectivity index (χ0n) is 13.5. The highest BCUT2D eigenvalue weighted by molar-refractivity contribution is 5.81. The zero-order chi connectivity index (χ0) is 14.9. The minimum absolute atomic E-state index is 0.0958. The standard InChI is InChI=1S/C15H30N2O2/c1-8-16-12(18)13(2,3)10-17-11-9-14(4,5)19-15(11,6)7/h11,17H,8-10H2,1-7H3,(H,16,18)/t11-/m1/s1. The fourth-order valence-corrected chi connectivity index (χ4v) is 2.74. The first-order valence-electron chi connectivity index (χ1n) is 7.22. The van der Waals surface area contributed by atoms with Gasteiger partial charge >= 0.3 is 0 Å². The molecule has 0 aromatic rings. The molecule has 0 bridgehead atoms. The summed E-state index contributed by atoms with van der Waals surface area (Å²) in [5.41, 5.74) is -0.698. The van der Waals surface area contributed by atoms with Crippen LogP contribution in [-0.4, -0.2) is 36.2 Å². The molecule has 1 heterocycles. The van der Waals surface area contributed by atoms with Gasteiger partial charge in [0.05, 0.1) is 16.6 Å². The van der Waals surface area contributed by atoms with E-state index in [2.05, 4.69) is 38.3 Å². The topological polar surface area (TPSA) is 50.4 Å². The van der Waals surface area contributed by atoms with E-state index in [9.17, 15) is 4.79 Å². The van der Waals surface area contributed by atoms with Gasteiger partial charge in [0, 0.05) is 19.1 Å². The Morgan fingerprint density at radius 1 is 1.32 bits per heavy atom. The van der Waals surface area contributed by atoms with E-state index in [0.29, 0.717) is 13.1 Å². The van der Waals surface area contributed by atoms with Gasteiger partial charge in [0.1, 0.15) is 0 Å². The first kappa shape index (κ1) is 16.4. The van der Waals surface area contributed by atoms with Gasteiger partial charge in [0.2, 0.25) is 5.91 Å². The Morgan fingerprint density at radius 2 is 1.89 bits per heavy atom. The monoisotopic (exact) mass is 270 g/mol. The maximum atomic E-state index is 12.0. The third kappa shape index (κ3) is 4.18. The quantitative estimate of drug-likeness (QED) is 0.804. The zero-order valence-corrected chi connectivity index (χ0v) is 13.5. The van der Waals surface area contributed by atoms with E-state index >= 15 is 0 Å². The SMILES string of the molecule is CCNC(=O)C(C)(C)CN[C@@H]1CC(C)(C)OC1(C)C. The predicted octanol–water partition coefficient (Wildman–Crippen LogP) is 2.08. The first-order chi connectivity index (χ1) is 8.50. The lowest BCUT2D eigenvalue weighted by molar-refractivity contribution is -0.129. The number of carbonyl (C=O) groups is 1. The molecule has 4 nitrogen and oxygen atoms in total. The lowest BCUT2D eigenvalue weighted by atomic mass is 9.89. The van der Waals surface area contributed by atoms with Gasteiger partial charge in [-0.05, 0) is 54.9 Å². The van der Waals surface area contributed by atoms with Gasteiger partial charge in [-0.3, -0.25) is 4.79 Å². The second-order valence-electron chi connectivity index (χ2n) is 7.35. The van der Waals surface area contributed by atoms with E-state index in [-0.39, 0.29) is 23.2 Å². The van der Waals surface area contributed by atoms with Crippen LogP contribution < -0.4 is 10.6 Å². The number of nitrogens with one attached hydrogen (secondary N) is 2. The second-order valence-corrected chi connectivity index (χ2v) is 7.35. The van der Waals surface area contributed by atoms with Gasteiger partial charge in [0.15, 0.2) is 0 Å². The van der Waals surface area contributed by atoms with Gasteiger partial charge in [-0.25, -0.2) is 0 Å². The maximum Gasteiger partial charge on any atom is 0.226 e. The van der Waals surface area contributed by atoms with Crippen molar-refractivity contribution in [2.75, 3.05) is 13.1 Å². The maximum absolute atomic E-state index is 12.0. The van der Waals surface area contributed by atoms with Crippen molar-refractivity contribution in [3.05, 3.63) is 0 Å². The van der Waals surface area contributed by atoms with Gasteiger partial charge in [-0.15, -0.1) is 0 Å². The number of hydrogen-bond donors (Lipinski definition) is 2. The van der Waals surface area contributed by atoms with E-state index in [1.54, 1.807) is 0 Å². The summed E-state index contributed by atoms with van der Waals surface area (Å²) in [6, 6.07) is 0.274. The molecular weight excluding hydrogens is 240 g/mol. The van der Waals surface area contributed by atoms with Gasteiger partial charge in [0.25, 0.3) is 0 Å². The third-order valence-electron chi connectivity index (χ3n) is 3.82. The lowest BCUT2D eigenvalue weighted by Crippen LogP contribution is -2.50. The summed E-state index contributed by atoms with van der Waals surface area (Å²) >= 11 is 0. The third-order valence-corrected chi connectivity index (χ3v) is 3.82. The molecule has 112 valence electrons. The van der Waals surface area contributed by atoms with Crippen LogP contribution in [0.25, 0.3) is 0 Å². The van der Waals surface area contributed by atoms with Crippen molar-refractivity contribution in [3.63, 3.8) is 0 Å². The lowest BCUT2D eigenvalue weighted by Gasteiger charge is -2.31. The Kier molecular flexibility index (Phi) is 4.68. The van der Waals surface area contributed by atoms with Crippen molar-refractivity contribution in [1.29, 1.82) is 0 Å². The molecule has 1 atom stereocenters. The summed E-state index contributed by atoms with van der Waals surface area (Å²) < 4.78 is 6.06.